The summed E-state index contributed by atoms with van der Waals surface area (Å²) in [6.45, 7) is 3.64. The van der Waals surface area contributed by atoms with Crippen LogP contribution in [0.1, 0.15) is 54.7 Å². The second-order valence-electron chi connectivity index (χ2n) is 10.1. The van der Waals surface area contributed by atoms with E-state index in [-0.39, 0.29) is 47.5 Å². The van der Waals surface area contributed by atoms with Crippen LogP contribution in [0.3, 0.4) is 0 Å². The van der Waals surface area contributed by atoms with E-state index in [0.29, 0.717) is 16.8 Å². The topological polar surface area (TPSA) is 80.0 Å². The van der Waals surface area contributed by atoms with Gasteiger partial charge in [0, 0.05) is 53.0 Å². The molecular formula is C32H27F6N3O3. The molecule has 2 atom stereocenters. The molecule has 0 fully saturated rings. The van der Waals surface area contributed by atoms with Crippen LogP contribution in [0.5, 0.6) is 11.5 Å². The van der Waals surface area contributed by atoms with Gasteiger partial charge in [-0.3, -0.25) is 4.79 Å². The Morgan fingerprint density at radius 1 is 1.02 bits per heavy atom. The summed E-state index contributed by atoms with van der Waals surface area (Å²) in [5, 5.41) is 0.0124. The van der Waals surface area contributed by atoms with Crippen LogP contribution in [0, 0.1) is 17.5 Å². The van der Waals surface area contributed by atoms with Crippen LogP contribution in [0.25, 0.3) is 22.3 Å². The van der Waals surface area contributed by atoms with E-state index >= 15 is 8.78 Å². The van der Waals surface area contributed by atoms with Gasteiger partial charge in [-0.15, -0.1) is 0 Å². The molecule has 2 N–H and O–H groups in total. The standard InChI is InChI=1S/C32H27F6N3O3/c1-3-43-26(42)10-7-17-5-4-6-19(28(17)35)16(2)25-15-40-32(41-25)21-13-18(8-9-22(21)33)44-30-23(34)14-24-20(11-12-39-24)27(30)29(36)31(37)38/h4-6,8-9,11-16,29,31,39H,3,7,10H2,1-2H3,(H,40,41). The molecule has 5 aromatic rings. The first-order valence-electron chi connectivity index (χ1n) is 13.8. The summed E-state index contributed by atoms with van der Waals surface area (Å²) in [6, 6.07) is 10.5. The summed E-state index contributed by atoms with van der Waals surface area (Å²) in [5.41, 5.74) is 0.413. The summed E-state index contributed by atoms with van der Waals surface area (Å²) in [4.78, 5) is 21.6. The highest BCUT2D eigenvalue weighted by molar-refractivity contribution is 5.86. The van der Waals surface area contributed by atoms with Gasteiger partial charge in [-0.05, 0) is 48.7 Å². The molecule has 0 aliphatic carbocycles. The molecule has 0 amide bonds. The highest BCUT2D eigenvalue weighted by Crippen LogP contribution is 2.42. The van der Waals surface area contributed by atoms with Crippen molar-refractivity contribution in [1.82, 2.24) is 15.0 Å². The number of nitrogens with one attached hydrogen (secondary N) is 2. The maximum Gasteiger partial charge on any atom is 0.306 e. The molecule has 0 aliphatic heterocycles. The number of ether oxygens (including phenoxy) is 2. The molecule has 230 valence electrons. The lowest BCUT2D eigenvalue weighted by Gasteiger charge is -2.17. The van der Waals surface area contributed by atoms with Gasteiger partial charge in [0.2, 0.25) is 0 Å². The van der Waals surface area contributed by atoms with Crippen molar-refractivity contribution in [2.45, 2.75) is 45.2 Å². The largest absolute Gasteiger partial charge is 0.466 e. The molecule has 0 aliphatic rings. The molecule has 12 heteroatoms. The van der Waals surface area contributed by atoms with Gasteiger partial charge in [-0.25, -0.2) is 31.3 Å². The lowest BCUT2D eigenvalue weighted by Crippen LogP contribution is -2.08. The monoisotopic (exact) mass is 615 g/mol. The number of aromatic nitrogens is 3. The van der Waals surface area contributed by atoms with Gasteiger partial charge in [0.05, 0.1) is 12.2 Å². The number of hydrogen-bond acceptors (Lipinski definition) is 4. The normalized spacial score (nSPS) is 12.9. The molecule has 6 nitrogen and oxygen atoms in total. The van der Waals surface area contributed by atoms with E-state index in [1.54, 1.807) is 32.0 Å². The zero-order chi connectivity index (χ0) is 31.5. The maximum atomic E-state index is 15.4. The molecule has 5 rings (SSSR count). The van der Waals surface area contributed by atoms with Crippen molar-refractivity contribution in [3.8, 4) is 22.9 Å². The van der Waals surface area contributed by atoms with Crippen molar-refractivity contribution in [2.75, 3.05) is 6.61 Å². The van der Waals surface area contributed by atoms with Crippen molar-refractivity contribution >= 4 is 16.9 Å². The van der Waals surface area contributed by atoms with Crippen LogP contribution in [-0.4, -0.2) is 34.0 Å². The maximum absolute atomic E-state index is 15.4. The molecule has 44 heavy (non-hydrogen) atoms. The molecule has 2 unspecified atom stereocenters. The average Bonchev–Trinajstić information content (AvgIpc) is 3.67. The number of nitrogens with zero attached hydrogens (tertiary/aromatic N) is 1. The van der Waals surface area contributed by atoms with Gasteiger partial charge in [-0.2, -0.15) is 0 Å². The summed E-state index contributed by atoms with van der Waals surface area (Å²) in [7, 11) is 0. The highest BCUT2D eigenvalue weighted by atomic mass is 19.3. The lowest BCUT2D eigenvalue weighted by atomic mass is 9.94. The number of carbonyl (C=O) groups excluding carboxylic acids is 1. The summed E-state index contributed by atoms with van der Waals surface area (Å²) in [6.07, 6.45) is -3.37. The number of H-pyrrole nitrogens is 2. The fraction of sp³-hybridized carbons (Fsp3) is 0.250. The number of alkyl halides is 3. The van der Waals surface area contributed by atoms with Crippen molar-refractivity contribution in [1.29, 1.82) is 0 Å². The van der Waals surface area contributed by atoms with Crippen LogP contribution < -0.4 is 4.74 Å². The molecule has 2 aromatic heterocycles. The van der Waals surface area contributed by atoms with Gasteiger partial charge >= 0.3 is 5.97 Å². The second-order valence-corrected chi connectivity index (χ2v) is 10.1. The minimum atomic E-state index is -3.45. The SMILES string of the molecule is CCOC(=O)CCc1cccc(C(C)c2cnc(-c3cc(Oc4c(F)cc5[nH]ccc5c4C(F)C(F)F)ccc3F)[nH]2)c1F. The van der Waals surface area contributed by atoms with Crippen molar-refractivity contribution in [2.24, 2.45) is 0 Å². The number of carbonyl (C=O) groups is 1. The zero-order valence-corrected chi connectivity index (χ0v) is 23.6. The fourth-order valence-electron chi connectivity index (χ4n) is 5.01. The number of rotatable bonds is 11. The molecule has 0 radical (unpaired) electrons. The molecule has 0 saturated heterocycles. The van der Waals surface area contributed by atoms with Crippen LogP contribution in [0.15, 0.2) is 60.9 Å². The lowest BCUT2D eigenvalue weighted by molar-refractivity contribution is -0.143. The Kier molecular flexibility index (Phi) is 8.98. The van der Waals surface area contributed by atoms with Crippen molar-refractivity contribution in [3.05, 3.63) is 101 Å². The van der Waals surface area contributed by atoms with Gasteiger partial charge in [0.1, 0.15) is 23.2 Å². The minimum Gasteiger partial charge on any atom is -0.466 e. The Morgan fingerprint density at radius 2 is 1.82 bits per heavy atom. The van der Waals surface area contributed by atoms with E-state index in [4.69, 9.17) is 9.47 Å². The number of aromatic amines is 2. The Labute approximate surface area is 248 Å². The predicted molar refractivity (Wildman–Crippen MR) is 151 cm³/mol. The first-order chi connectivity index (χ1) is 21.1. The molecule has 0 bridgehead atoms. The van der Waals surface area contributed by atoms with E-state index in [9.17, 15) is 22.4 Å². The number of aryl methyl sites for hydroxylation is 1. The predicted octanol–water partition coefficient (Wildman–Crippen LogP) is 8.69. The number of benzene rings is 3. The molecule has 0 spiro atoms. The van der Waals surface area contributed by atoms with E-state index < -0.39 is 53.2 Å². The van der Waals surface area contributed by atoms with Crippen molar-refractivity contribution < 1.29 is 40.6 Å². The third kappa shape index (κ3) is 6.15. The van der Waals surface area contributed by atoms with E-state index in [2.05, 4.69) is 15.0 Å². The second kappa shape index (κ2) is 12.9. The number of fused-ring (bicyclic) bond motifs is 1. The number of esters is 1. The van der Waals surface area contributed by atoms with Gasteiger partial charge in [0.15, 0.2) is 17.7 Å². The van der Waals surface area contributed by atoms with Crippen LogP contribution >= 0.6 is 0 Å². The quantitative estimate of drug-likeness (QED) is 0.115. The van der Waals surface area contributed by atoms with Gasteiger partial charge in [0.25, 0.3) is 6.43 Å². The Balaban J connectivity index is 1.43. The van der Waals surface area contributed by atoms with Gasteiger partial charge < -0.3 is 19.4 Å². The highest BCUT2D eigenvalue weighted by Gasteiger charge is 2.30. The fourth-order valence-corrected chi connectivity index (χ4v) is 5.01. The average molecular weight is 616 g/mol. The molecular weight excluding hydrogens is 588 g/mol. The number of hydrogen-bond donors (Lipinski definition) is 2. The van der Waals surface area contributed by atoms with Crippen LogP contribution in [0.2, 0.25) is 0 Å². The Bertz CT molecular complexity index is 1800. The Hall–Kier alpha value is -4.74. The smallest absolute Gasteiger partial charge is 0.306 e. The number of imidazole rings is 1. The third-order valence-electron chi connectivity index (χ3n) is 7.25. The van der Waals surface area contributed by atoms with Gasteiger partial charge in [-0.1, -0.05) is 25.1 Å². The first-order valence-corrected chi connectivity index (χ1v) is 13.8. The van der Waals surface area contributed by atoms with Crippen molar-refractivity contribution in [3.63, 3.8) is 0 Å². The third-order valence-corrected chi connectivity index (χ3v) is 7.25. The Morgan fingerprint density at radius 3 is 2.57 bits per heavy atom. The van der Waals surface area contributed by atoms with E-state index in [0.717, 1.165) is 18.2 Å². The summed E-state index contributed by atoms with van der Waals surface area (Å²) in [5.74, 6) is -4.19. The summed E-state index contributed by atoms with van der Waals surface area (Å²) >= 11 is 0. The van der Waals surface area contributed by atoms with E-state index in [1.807, 2.05) is 0 Å². The first kappa shape index (κ1) is 30.7. The molecule has 2 heterocycles. The van der Waals surface area contributed by atoms with Crippen LogP contribution in [-0.2, 0) is 16.0 Å². The number of halogens is 6. The van der Waals surface area contributed by atoms with Crippen LogP contribution in [0.4, 0.5) is 26.3 Å². The zero-order valence-electron chi connectivity index (χ0n) is 23.6. The molecule has 3 aromatic carbocycles. The minimum absolute atomic E-state index is 0.0124. The summed E-state index contributed by atoms with van der Waals surface area (Å²) < 4.78 is 97.3. The van der Waals surface area contributed by atoms with E-state index in [1.165, 1.54) is 24.5 Å². The molecule has 0 saturated carbocycles.